The van der Waals surface area contributed by atoms with Gasteiger partial charge in [0.15, 0.2) is 0 Å². The highest BCUT2D eigenvalue weighted by molar-refractivity contribution is 6.32. The molecule has 108 valence electrons. The van der Waals surface area contributed by atoms with Gasteiger partial charge in [-0.05, 0) is 11.6 Å². The summed E-state index contributed by atoms with van der Waals surface area (Å²) in [6, 6.07) is 10.4. The largest absolute Gasteiger partial charge is 0.478 e. The number of carbonyl (C=O) groups excluding carboxylic acids is 1. The number of benzene rings is 1. The van der Waals surface area contributed by atoms with E-state index in [1.165, 1.54) is 12.3 Å². The topological polar surface area (TPSA) is 88.5 Å². The van der Waals surface area contributed by atoms with Crippen LogP contribution in [-0.2, 0) is 11.3 Å². The van der Waals surface area contributed by atoms with Gasteiger partial charge in [0.25, 0.3) is 0 Å². The van der Waals surface area contributed by atoms with Gasteiger partial charge in [-0.3, -0.25) is 5.32 Å². The van der Waals surface area contributed by atoms with Crippen molar-refractivity contribution in [1.29, 1.82) is 0 Å². The van der Waals surface area contributed by atoms with E-state index in [4.69, 9.17) is 21.4 Å². The number of carboxylic acids is 1. The molecule has 0 aliphatic carbocycles. The molecule has 1 aromatic heterocycles. The van der Waals surface area contributed by atoms with Gasteiger partial charge in [-0.1, -0.05) is 41.9 Å². The number of hydrogen-bond donors (Lipinski definition) is 2. The van der Waals surface area contributed by atoms with Gasteiger partial charge in [0, 0.05) is 0 Å². The van der Waals surface area contributed by atoms with Crippen LogP contribution in [0, 0.1) is 0 Å². The van der Waals surface area contributed by atoms with Crippen LogP contribution in [0.15, 0.2) is 42.6 Å². The van der Waals surface area contributed by atoms with Gasteiger partial charge in [-0.25, -0.2) is 14.6 Å². The second-order valence-corrected chi connectivity index (χ2v) is 4.41. The van der Waals surface area contributed by atoms with Crippen molar-refractivity contribution in [2.75, 3.05) is 5.32 Å². The monoisotopic (exact) mass is 306 g/mol. The molecule has 6 nitrogen and oxygen atoms in total. The third-order valence-electron chi connectivity index (χ3n) is 2.53. The zero-order valence-electron chi connectivity index (χ0n) is 10.7. The smallest absolute Gasteiger partial charge is 0.412 e. The molecular formula is C14H11ClN2O4. The molecule has 2 aromatic rings. The van der Waals surface area contributed by atoms with E-state index in [-0.39, 0.29) is 23.0 Å². The molecule has 0 unspecified atom stereocenters. The van der Waals surface area contributed by atoms with Crippen molar-refractivity contribution in [3.8, 4) is 0 Å². The number of aromatic nitrogens is 1. The van der Waals surface area contributed by atoms with Crippen molar-refractivity contribution in [3.05, 3.63) is 58.9 Å². The molecule has 0 fully saturated rings. The maximum absolute atomic E-state index is 11.6. The summed E-state index contributed by atoms with van der Waals surface area (Å²) in [4.78, 5) is 26.2. The highest BCUT2D eigenvalue weighted by Gasteiger charge is 2.12. The Kier molecular flexibility index (Phi) is 4.73. The molecule has 1 aromatic carbocycles. The van der Waals surface area contributed by atoms with Crippen molar-refractivity contribution in [2.45, 2.75) is 6.61 Å². The lowest BCUT2D eigenvalue weighted by molar-refractivity contribution is 0.0696. The number of nitrogens with one attached hydrogen (secondary N) is 1. The standard InChI is InChI=1S/C14H11ClN2O4/c15-12-11(13(18)19)6-10(7-16-12)17-14(20)21-8-9-4-2-1-3-5-9/h1-7H,8H2,(H,17,20)(H,18,19). The van der Waals surface area contributed by atoms with E-state index in [1.54, 1.807) is 0 Å². The van der Waals surface area contributed by atoms with E-state index >= 15 is 0 Å². The first-order valence-corrected chi connectivity index (χ1v) is 6.30. The molecule has 0 aliphatic rings. The fraction of sp³-hybridized carbons (Fsp3) is 0.0714. The number of rotatable bonds is 4. The third kappa shape index (κ3) is 4.19. The number of ether oxygens (including phenoxy) is 1. The van der Waals surface area contributed by atoms with Gasteiger partial charge in [0.05, 0.1) is 17.4 Å². The van der Waals surface area contributed by atoms with Crippen molar-refractivity contribution in [2.24, 2.45) is 0 Å². The Morgan fingerprint density at radius 3 is 2.67 bits per heavy atom. The van der Waals surface area contributed by atoms with Crippen molar-refractivity contribution in [1.82, 2.24) is 4.98 Å². The van der Waals surface area contributed by atoms with E-state index in [1.807, 2.05) is 30.3 Å². The van der Waals surface area contributed by atoms with Crippen LogP contribution in [-0.4, -0.2) is 22.2 Å². The predicted octanol–water partition coefficient (Wildman–Crippen LogP) is 3.18. The van der Waals surface area contributed by atoms with Crippen LogP contribution in [0.5, 0.6) is 0 Å². The molecule has 0 bridgehead atoms. The van der Waals surface area contributed by atoms with Crippen LogP contribution in [0.4, 0.5) is 10.5 Å². The Bertz CT molecular complexity index is 661. The van der Waals surface area contributed by atoms with Crippen LogP contribution in [0.1, 0.15) is 15.9 Å². The number of anilines is 1. The van der Waals surface area contributed by atoms with Crippen LogP contribution in [0.25, 0.3) is 0 Å². The molecule has 2 N–H and O–H groups in total. The lowest BCUT2D eigenvalue weighted by Gasteiger charge is -2.08. The lowest BCUT2D eigenvalue weighted by Crippen LogP contribution is -2.14. The summed E-state index contributed by atoms with van der Waals surface area (Å²) in [5.74, 6) is -1.23. The summed E-state index contributed by atoms with van der Waals surface area (Å²) >= 11 is 5.63. The minimum Gasteiger partial charge on any atom is -0.478 e. The van der Waals surface area contributed by atoms with E-state index in [0.717, 1.165) is 5.56 Å². The molecular weight excluding hydrogens is 296 g/mol. The normalized spacial score (nSPS) is 9.95. The Morgan fingerprint density at radius 1 is 1.29 bits per heavy atom. The number of carbonyl (C=O) groups is 2. The number of nitrogens with zero attached hydrogens (tertiary/aromatic N) is 1. The van der Waals surface area contributed by atoms with Crippen molar-refractivity contribution >= 4 is 29.4 Å². The van der Waals surface area contributed by atoms with Crippen LogP contribution >= 0.6 is 11.6 Å². The predicted molar refractivity (Wildman–Crippen MR) is 76.5 cm³/mol. The summed E-state index contributed by atoms with van der Waals surface area (Å²) in [5, 5.41) is 11.1. The maximum atomic E-state index is 11.6. The van der Waals surface area contributed by atoms with Crippen LogP contribution in [0.2, 0.25) is 5.15 Å². The first-order valence-electron chi connectivity index (χ1n) is 5.93. The minimum atomic E-state index is -1.23. The minimum absolute atomic E-state index is 0.111. The number of hydrogen-bond acceptors (Lipinski definition) is 4. The number of carboxylic acid groups (broad SMARTS) is 1. The van der Waals surface area contributed by atoms with Crippen LogP contribution < -0.4 is 5.32 Å². The van der Waals surface area contributed by atoms with Gasteiger partial charge in [0.1, 0.15) is 11.8 Å². The Morgan fingerprint density at radius 2 is 2.00 bits per heavy atom. The molecule has 21 heavy (non-hydrogen) atoms. The van der Waals surface area contributed by atoms with Crippen molar-refractivity contribution < 1.29 is 19.4 Å². The van der Waals surface area contributed by atoms with E-state index in [0.29, 0.717) is 0 Å². The van der Waals surface area contributed by atoms with Gasteiger partial charge in [0.2, 0.25) is 0 Å². The highest BCUT2D eigenvalue weighted by Crippen LogP contribution is 2.17. The Hall–Kier alpha value is -2.60. The number of aromatic carboxylic acids is 1. The quantitative estimate of drug-likeness (QED) is 0.847. The number of halogens is 1. The Balaban J connectivity index is 1.97. The molecule has 0 saturated carbocycles. The number of pyridine rings is 1. The zero-order valence-corrected chi connectivity index (χ0v) is 11.5. The SMILES string of the molecule is O=C(Nc1cnc(Cl)c(C(=O)O)c1)OCc1ccccc1. The summed E-state index contributed by atoms with van der Waals surface area (Å²) in [5.41, 5.74) is 0.834. The maximum Gasteiger partial charge on any atom is 0.412 e. The second-order valence-electron chi connectivity index (χ2n) is 4.05. The van der Waals surface area contributed by atoms with E-state index < -0.39 is 12.1 Å². The molecule has 0 saturated heterocycles. The third-order valence-corrected chi connectivity index (χ3v) is 2.83. The summed E-state index contributed by atoms with van der Waals surface area (Å²) in [6.07, 6.45) is 0.540. The van der Waals surface area contributed by atoms with Gasteiger partial charge < -0.3 is 9.84 Å². The average molecular weight is 307 g/mol. The van der Waals surface area contributed by atoms with Gasteiger partial charge in [-0.15, -0.1) is 0 Å². The number of amides is 1. The lowest BCUT2D eigenvalue weighted by atomic mass is 10.2. The summed E-state index contributed by atoms with van der Waals surface area (Å²) in [6.45, 7) is 0.111. The zero-order chi connectivity index (χ0) is 15.2. The molecule has 1 amide bonds. The van der Waals surface area contributed by atoms with Gasteiger partial charge in [-0.2, -0.15) is 0 Å². The van der Waals surface area contributed by atoms with Crippen molar-refractivity contribution in [3.63, 3.8) is 0 Å². The summed E-state index contributed by atoms with van der Waals surface area (Å²) < 4.78 is 5.00. The highest BCUT2D eigenvalue weighted by atomic mass is 35.5. The molecule has 0 radical (unpaired) electrons. The fourth-order valence-corrected chi connectivity index (χ4v) is 1.73. The summed E-state index contributed by atoms with van der Waals surface area (Å²) in [7, 11) is 0. The first-order chi connectivity index (χ1) is 10.1. The molecule has 0 aliphatic heterocycles. The van der Waals surface area contributed by atoms with E-state index in [2.05, 4.69) is 10.3 Å². The molecule has 0 spiro atoms. The average Bonchev–Trinajstić information content (AvgIpc) is 2.48. The molecule has 2 rings (SSSR count). The van der Waals surface area contributed by atoms with E-state index in [9.17, 15) is 9.59 Å². The van der Waals surface area contributed by atoms with Crippen LogP contribution in [0.3, 0.4) is 0 Å². The molecule has 7 heteroatoms. The molecule has 0 atom stereocenters. The van der Waals surface area contributed by atoms with Gasteiger partial charge >= 0.3 is 12.1 Å². The Labute approximate surface area is 125 Å². The fourth-order valence-electron chi connectivity index (χ4n) is 1.54. The second kappa shape index (κ2) is 6.71. The molecule has 1 heterocycles. The first kappa shape index (κ1) is 14.8.